The predicted octanol–water partition coefficient (Wildman–Crippen LogP) is 5.29. The van der Waals surface area contributed by atoms with Crippen LogP contribution in [-0.2, 0) is 16.1 Å². The van der Waals surface area contributed by atoms with Crippen LogP contribution in [0.5, 0.6) is 0 Å². The van der Waals surface area contributed by atoms with Crippen molar-refractivity contribution in [2.24, 2.45) is 0 Å². The first-order valence-corrected chi connectivity index (χ1v) is 12.8. The number of amides is 3. The molecule has 3 amide bonds. The minimum atomic E-state index is -4.28. The van der Waals surface area contributed by atoms with Gasteiger partial charge in [0.05, 0.1) is 12.2 Å². The van der Waals surface area contributed by atoms with Crippen LogP contribution in [0.15, 0.2) is 53.4 Å². The molecule has 37 heavy (non-hydrogen) atoms. The molecule has 0 unspecified atom stereocenters. The molecule has 2 aromatic rings. The highest BCUT2D eigenvalue weighted by molar-refractivity contribution is 7.99. The van der Waals surface area contributed by atoms with E-state index in [0.29, 0.717) is 5.69 Å². The van der Waals surface area contributed by atoms with Crippen LogP contribution in [0, 0.1) is 0 Å². The number of nitrogens with zero attached hydrogens (tertiary/aromatic N) is 1. The number of carbonyl (C=O) groups is 3. The second-order valence-electron chi connectivity index (χ2n) is 9.58. The summed E-state index contributed by atoms with van der Waals surface area (Å²) in [6, 6.07) is 13.2. The number of thioether (sulfide) groups is 1. The Morgan fingerprint density at radius 2 is 1.81 bits per heavy atom. The summed E-state index contributed by atoms with van der Waals surface area (Å²) in [4.78, 5) is 40.9. The van der Waals surface area contributed by atoms with Crippen molar-refractivity contribution in [2.45, 2.75) is 62.9 Å². The normalized spacial score (nSPS) is 16.0. The zero-order valence-electron chi connectivity index (χ0n) is 20.9. The zero-order valence-corrected chi connectivity index (χ0v) is 21.7. The lowest BCUT2D eigenvalue weighted by molar-refractivity contribution is -0.135. The van der Waals surface area contributed by atoms with Crippen LogP contribution in [-0.4, -0.2) is 48.0 Å². The van der Waals surface area contributed by atoms with E-state index >= 15 is 0 Å². The molecule has 0 saturated carbocycles. The van der Waals surface area contributed by atoms with Crippen molar-refractivity contribution in [3.8, 4) is 0 Å². The highest BCUT2D eigenvalue weighted by Crippen LogP contribution is 2.36. The molecule has 0 aromatic heterocycles. The van der Waals surface area contributed by atoms with E-state index in [4.69, 9.17) is 4.74 Å². The highest BCUT2D eigenvalue weighted by atomic mass is 32.2. The topological polar surface area (TPSA) is 87.7 Å². The Bertz CT molecular complexity index is 1120. The lowest BCUT2D eigenvalue weighted by atomic mass is 10.1. The molecule has 1 aliphatic heterocycles. The summed E-state index contributed by atoms with van der Waals surface area (Å²) >= 11 is 1.35. The van der Waals surface area contributed by atoms with Gasteiger partial charge in [0.1, 0.15) is 11.6 Å². The van der Waals surface area contributed by atoms with Crippen molar-refractivity contribution in [1.82, 2.24) is 10.6 Å². The van der Waals surface area contributed by atoms with E-state index in [0.717, 1.165) is 10.5 Å². The summed E-state index contributed by atoms with van der Waals surface area (Å²) in [7, 11) is 0. The Morgan fingerprint density at radius 3 is 2.46 bits per heavy atom. The Morgan fingerprint density at radius 1 is 1.11 bits per heavy atom. The van der Waals surface area contributed by atoms with Gasteiger partial charge in [-0.05, 0) is 51.0 Å². The number of rotatable bonds is 7. The standard InChI is InChI=1S/C26H30F3N3O4S/c1-25(2,3)36-24(35)31-19-16-37-21-11-10-18(22(33)30-13-7-12-26(27,28)29)14-20(21)32(23(19)34)15-17-8-5-4-6-9-17/h4-6,8-11,14,19H,7,12-13,15-16H2,1-3H3,(H,30,33)(H,31,35)/t19-/m0/s1. The molecule has 1 heterocycles. The van der Waals surface area contributed by atoms with E-state index in [1.165, 1.54) is 16.7 Å². The first-order valence-electron chi connectivity index (χ1n) is 11.8. The number of hydrogen-bond donors (Lipinski definition) is 2. The van der Waals surface area contributed by atoms with Crippen LogP contribution < -0.4 is 15.5 Å². The fourth-order valence-electron chi connectivity index (χ4n) is 3.62. The van der Waals surface area contributed by atoms with Crippen molar-refractivity contribution in [3.63, 3.8) is 0 Å². The molecule has 1 atom stereocenters. The first kappa shape index (κ1) is 28.4. The van der Waals surface area contributed by atoms with Gasteiger partial charge in [-0.25, -0.2) is 4.79 Å². The number of carbonyl (C=O) groups excluding carboxylic acids is 3. The van der Waals surface area contributed by atoms with Crippen molar-refractivity contribution in [2.75, 3.05) is 17.2 Å². The molecule has 200 valence electrons. The van der Waals surface area contributed by atoms with Gasteiger partial charge in [0.15, 0.2) is 0 Å². The molecule has 0 radical (unpaired) electrons. The van der Waals surface area contributed by atoms with E-state index in [1.807, 2.05) is 30.3 Å². The molecule has 2 aromatic carbocycles. The van der Waals surface area contributed by atoms with Crippen molar-refractivity contribution >= 4 is 35.4 Å². The molecule has 0 spiro atoms. The largest absolute Gasteiger partial charge is 0.444 e. The summed E-state index contributed by atoms with van der Waals surface area (Å²) in [5.41, 5.74) is 0.804. The van der Waals surface area contributed by atoms with Crippen molar-refractivity contribution in [1.29, 1.82) is 0 Å². The predicted molar refractivity (Wildman–Crippen MR) is 136 cm³/mol. The van der Waals surface area contributed by atoms with Crippen LogP contribution in [0.1, 0.15) is 49.5 Å². The van der Waals surface area contributed by atoms with Crippen molar-refractivity contribution < 1.29 is 32.3 Å². The molecule has 11 heteroatoms. The highest BCUT2D eigenvalue weighted by Gasteiger charge is 2.34. The lowest BCUT2D eigenvalue weighted by Gasteiger charge is -2.27. The fourth-order valence-corrected chi connectivity index (χ4v) is 4.67. The zero-order chi connectivity index (χ0) is 27.2. The summed E-state index contributed by atoms with van der Waals surface area (Å²) in [6.07, 6.45) is -6.21. The molecule has 0 bridgehead atoms. The van der Waals surface area contributed by atoms with E-state index in [2.05, 4.69) is 10.6 Å². The number of halogens is 3. The number of hydrogen-bond acceptors (Lipinski definition) is 5. The second kappa shape index (κ2) is 11.9. The number of anilines is 1. The van der Waals surface area contributed by atoms with Crippen LogP contribution in [0.2, 0.25) is 0 Å². The SMILES string of the molecule is CC(C)(C)OC(=O)N[C@H]1CSc2ccc(C(=O)NCCCC(F)(F)F)cc2N(Cc2ccccc2)C1=O. The Balaban J connectivity index is 1.84. The van der Waals surface area contributed by atoms with Crippen LogP contribution >= 0.6 is 11.8 Å². The van der Waals surface area contributed by atoms with Crippen LogP contribution in [0.3, 0.4) is 0 Å². The number of alkyl carbamates (subject to hydrolysis) is 1. The van der Waals surface area contributed by atoms with Gasteiger partial charge in [-0.3, -0.25) is 9.59 Å². The van der Waals surface area contributed by atoms with Gasteiger partial charge < -0.3 is 20.3 Å². The van der Waals surface area contributed by atoms with Crippen LogP contribution in [0.25, 0.3) is 0 Å². The fraction of sp³-hybridized carbons (Fsp3) is 0.423. The molecule has 2 N–H and O–H groups in total. The Labute approximate surface area is 218 Å². The van der Waals surface area contributed by atoms with Gasteiger partial charge in [0, 0.05) is 29.2 Å². The third kappa shape index (κ3) is 8.70. The second-order valence-corrected chi connectivity index (χ2v) is 10.6. The molecule has 0 saturated heterocycles. The lowest BCUT2D eigenvalue weighted by Crippen LogP contribution is -2.50. The monoisotopic (exact) mass is 537 g/mol. The van der Waals surface area contributed by atoms with E-state index in [9.17, 15) is 27.6 Å². The molecule has 3 rings (SSSR count). The molecular weight excluding hydrogens is 507 g/mol. The minimum Gasteiger partial charge on any atom is -0.444 e. The molecule has 1 aliphatic rings. The number of fused-ring (bicyclic) bond motifs is 1. The Kier molecular flexibility index (Phi) is 9.12. The van der Waals surface area contributed by atoms with Gasteiger partial charge in [0.2, 0.25) is 0 Å². The summed E-state index contributed by atoms with van der Waals surface area (Å²) < 4.78 is 42.5. The third-order valence-corrected chi connectivity index (χ3v) is 6.43. The molecule has 0 fully saturated rings. The van der Waals surface area contributed by atoms with E-state index in [-0.39, 0.29) is 36.7 Å². The number of nitrogens with one attached hydrogen (secondary N) is 2. The maximum absolute atomic E-state index is 13.6. The van der Waals surface area contributed by atoms with E-state index < -0.39 is 36.2 Å². The smallest absolute Gasteiger partial charge is 0.408 e. The van der Waals surface area contributed by atoms with Gasteiger partial charge in [-0.1, -0.05) is 30.3 Å². The summed E-state index contributed by atoms with van der Waals surface area (Å²) in [6.45, 7) is 5.24. The van der Waals surface area contributed by atoms with Crippen LogP contribution in [0.4, 0.5) is 23.7 Å². The maximum Gasteiger partial charge on any atom is 0.408 e. The van der Waals surface area contributed by atoms with Crippen molar-refractivity contribution in [3.05, 3.63) is 59.7 Å². The third-order valence-electron chi connectivity index (χ3n) is 5.28. The van der Waals surface area contributed by atoms with Gasteiger partial charge in [-0.15, -0.1) is 11.8 Å². The van der Waals surface area contributed by atoms with E-state index in [1.54, 1.807) is 39.0 Å². The van der Waals surface area contributed by atoms with Gasteiger partial charge in [-0.2, -0.15) is 13.2 Å². The quantitative estimate of drug-likeness (QED) is 0.469. The molecular formula is C26H30F3N3O4S. The number of alkyl halides is 3. The minimum absolute atomic E-state index is 0.126. The molecule has 7 nitrogen and oxygen atoms in total. The maximum atomic E-state index is 13.6. The number of ether oxygens (including phenoxy) is 1. The summed E-state index contributed by atoms with van der Waals surface area (Å²) in [5, 5.41) is 5.16. The Hall–Kier alpha value is -3.21. The summed E-state index contributed by atoms with van der Waals surface area (Å²) in [5.74, 6) is -0.655. The molecule has 0 aliphatic carbocycles. The van der Waals surface area contributed by atoms with Gasteiger partial charge in [0.25, 0.3) is 11.8 Å². The average Bonchev–Trinajstić information content (AvgIpc) is 2.92. The average molecular weight is 538 g/mol. The number of benzene rings is 2. The van der Waals surface area contributed by atoms with Gasteiger partial charge >= 0.3 is 12.3 Å². The first-order chi connectivity index (χ1) is 17.3.